The van der Waals surface area contributed by atoms with Gasteiger partial charge in [-0.05, 0) is 41.7 Å². The number of ketones is 1. The number of allylic oxidation sites excluding steroid dienone is 6. The number of carbonyl (C=O) groups excluding carboxylic acids is 2. The van der Waals surface area contributed by atoms with Crippen LogP contribution in [0.3, 0.4) is 0 Å². The number of aliphatic hydroxyl groups is 1. The molecule has 11 heteroatoms. The van der Waals surface area contributed by atoms with E-state index in [9.17, 15) is 19.1 Å². The van der Waals surface area contributed by atoms with Crippen molar-refractivity contribution in [2.45, 2.75) is 37.8 Å². The van der Waals surface area contributed by atoms with E-state index in [1.165, 1.54) is 30.8 Å². The summed E-state index contributed by atoms with van der Waals surface area (Å²) in [4.78, 5) is 43.8. The predicted molar refractivity (Wildman–Crippen MR) is 138 cm³/mol. The van der Waals surface area contributed by atoms with Crippen LogP contribution in [0.1, 0.15) is 36.7 Å². The molecule has 2 aromatic rings. The maximum absolute atomic E-state index is 15.3. The van der Waals surface area contributed by atoms with Gasteiger partial charge < -0.3 is 15.0 Å². The van der Waals surface area contributed by atoms with Gasteiger partial charge in [-0.3, -0.25) is 19.6 Å². The third-order valence-corrected chi connectivity index (χ3v) is 8.68. The summed E-state index contributed by atoms with van der Waals surface area (Å²) in [6.45, 7) is -0.0740. The van der Waals surface area contributed by atoms with Crippen molar-refractivity contribution < 1.29 is 23.5 Å². The molecule has 198 valence electrons. The molecule has 5 heterocycles. The lowest BCUT2D eigenvalue weighted by molar-refractivity contribution is -0.129. The zero-order valence-electron chi connectivity index (χ0n) is 20.5. The van der Waals surface area contributed by atoms with Crippen LogP contribution in [0.25, 0.3) is 11.3 Å². The highest BCUT2D eigenvalue weighted by Crippen LogP contribution is 2.62. The molecule has 2 aromatic heterocycles. The first-order valence-electron chi connectivity index (χ1n) is 12.7. The van der Waals surface area contributed by atoms with Gasteiger partial charge in [-0.1, -0.05) is 11.6 Å². The number of halogens is 3. The molecular formula is C28H22ClF2N5O3. The van der Waals surface area contributed by atoms with Crippen molar-refractivity contribution in [3.63, 3.8) is 0 Å². The molecule has 3 aliphatic heterocycles. The molecule has 39 heavy (non-hydrogen) atoms. The second-order valence-electron chi connectivity index (χ2n) is 10.6. The molecule has 1 saturated heterocycles. The zero-order chi connectivity index (χ0) is 27.1. The van der Waals surface area contributed by atoms with E-state index in [1.807, 2.05) is 4.90 Å². The molecule has 0 radical (unpaired) electrons. The highest BCUT2D eigenvalue weighted by Gasteiger charge is 2.62. The highest BCUT2D eigenvalue weighted by molar-refractivity contribution is 6.40. The average Bonchev–Trinajstić information content (AvgIpc) is 3.39. The Labute approximate surface area is 226 Å². The number of hydrogen-bond acceptors (Lipinski definition) is 6. The molecule has 0 aromatic carbocycles. The molecule has 8 nitrogen and oxygen atoms in total. The minimum absolute atomic E-state index is 0.0354. The SMILES string of the molecule is O=C1C=C(F)C2=C(Cl)C=NCC3=C(C2=C1)C(c1ncc(-c2ccnc(CO)c2F)[nH]1)CN1C(=O)CC2(CC2)C31. The standard InChI is InChI=1S/C28H22ClF2N5O3/c29-18-9-32-8-16-23(15-5-13(38)6-19(30)24(15)18)17(11-36-22(39)7-28(2-3-28)26(16)36)27-34-10-20(35-27)14-1-4-33-21(12-37)25(14)31/h1,4-6,9-10,17,26,37H,2-3,7-8,11-12H2,(H,34,35). The minimum Gasteiger partial charge on any atom is -0.390 e. The van der Waals surface area contributed by atoms with Gasteiger partial charge in [-0.25, -0.2) is 13.8 Å². The topological polar surface area (TPSA) is 112 Å². The maximum atomic E-state index is 15.3. The Hall–Kier alpha value is -3.76. The van der Waals surface area contributed by atoms with Crippen LogP contribution in [-0.2, 0) is 16.2 Å². The fourth-order valence-electron chi connectivity index (χ4n) is 6.55. The van der Waals surface area contributed by atoms with Gasteiger partial charge in [0.1, 0.15) is 17.3 Å². The summed E-state index contributed by atoms with van der Waals surface area (Å²) < 4.78 is 30.3. The summed E-state index contributed by atoms with van der Waals surface area (Å²) in [5, 5.41) is 9.52. The average molecular weight is 550 g/mol. The first kappa shape index (κ1) is 24.3. The van der Waals surface area contributed by atoms with Gasteiger partial charge in [0.25, 0.3) is 0 Å². The lowest BCUT2D eigenvalue weighted by Crippen LogP contribution is -2.46. The second kappa shape index (κ2) is 8.62. The number of fused-ring (bicyclic) bond motifs is 5. The molecule has 2 N–H and O–H groups in total. The molecule has 2 fully saturated rings. The van der Waals surface area contributed by atoms with Crippen molar-refractivity contribution in [2.75, 3.05) is 13.1 Å². The van der Waals surface area contributed by atoms with E-state index in [1.54, 1.807) is 0 Å². The van der Waals surface area contributed by atoms with Crippen molar-refractivity contribution in [1.29, 1.82) is 0 Å². The number of amides is 1. The first-order valence-corrected chi connectivity index (χ1v) is 13.0. The second-order valence-corrected chi connectivity index (χ2v) is 11.0. The van der Waals surface area contributed by atoms with Crippen molar-refractivity contribution in [2.24, 2.45) is 10.4 Å². The van der Waals surface area contributed by atoms with Crippen LogP contribution in [0.4, 0.5) is 8.78 Å². The molecule has 2 aliphatic carbocycles. The quantitative estimate of drug-likeness (QED) is 0.605. The summed E-state index contributed by atoms with van der Waals surface area (Å²) in [5.74, 6) is -2.04. The van der Waals surface area contributed by atoms with Crippen molar-refractivity contribution in [1.82, 2.24) is 19.9 Å². The van der Waals surface area contributed by atoms with E-state index in [-0.39, 0.29) is 52.3 Å². The highest BCUT2D eigenvalue weighted by atomic mass is 35.5. The smallest absolute Gasteiger partial charge is 0.223 e. The van der Waals surface area contributed by atoms with Gasteiger partial charge in [0.15, 0.2) is 11.6 Å². The third kappa shape index (κ3) is 3.61. The van der Waals surface area contributed by atoms with Gasteiger partial charge in [0.2, 0.25) is 5.91 Å². The van der Waals surface area contributed by atoms with Gasteiger partial charge in [-0.15, -0.1) is 0 Å². The van der Waals surface area contributed by atoms with Gasteiger partial charge in [-0.2, -0.15) is 0 Å². The van der Waals surface area contributed by atoms with Crippen LogP contribution < -0.4 is 0 Å². The van der Waals surface area contributed by atoms with E-state index < -0.39 is 30.0 Å². The number of pyridine rings is 1. The summed E-state index contributed by atoms with van der Waals surface area (Å²) in [7, 11) is 0. The molecule has 1 saturated carbocycles. The van der Waals surface area contributed by atoms with Crippen molar-refractivity contribution >= 4 is 29.5 Å². The summed E-state index contributed by atoms with van der Waals surface area (Å²) in [6.07, 6.45) is 8.79. The van der Waals surface area contributed by atoms with E-state index in [4.69, 9.17) is 11.6 Å². The number of carbonyl (C=O) groups is 2. The van der Waals surface area contributed by atoms with Gasteiger partial charge in [0, 0.05) is 48.0 Å². The summed E-state index contributed by atoms with van der Waals surface area (Å²) in [5.41, 5.74) is 2.21. The van der Waals surface area contributed by atoms with Crippen molar-refractivity contribution in [3.05, 3.63) is 81.1 Å². The molecule has 7 rings (SSSR count). The molecule has 1 amide bonds. The lowest BCUT2D eigenvalue weighted by Gasteiger charge is -2.42. The normalized spacial score (nSPS) is 25.3. The Bertz CT molecular complexity index is 1630. The number of aliphatic imine (C=N–C) groups is 1. The van der Waals surface area contributed by atoms with E-state index in [2.05, 4.69) is 19.9 Å². The minimum atomic E-state index is -0.747. The number of aliphatic hydroxyl groups excluding tert-OH is 1. The number of nitrogens with zero attached hydrogens (tertiary/aromatic N) is 4. The number of aromatic nitrogens is 3. The molecule has 2 atom stereocenters. The number of rotatable bonds is 3. The van der Waals surface area contributed by atoms with Crippen LogP contribution in [-0.4, -0.2) is 62.0 Å². The number of imidazole rings is 1. The number of nitrogens with one attached hydrogen (secondary N) is 1. The molecule has 2 unspecified atom stereocenters. The Morgan fingerprint density at radius 3 is 2.79 bits per heavy atom. The summed E-state index contributed by atoms with van der Waals surface area (Å²) >= 11 is 6.49. The number of aromatic amines is 1. The van der Waals surface area contributed by atoms with Crippen LogP contribution in [0.2, 0.25) is 0 Å². The Kier molecular flexibility index (Phi) is 5.37. The summed E-state index contributed by atoms with van der Waals surface area (Å²) in [6, 6.07) is 1.26. The molecular weight excluding hydrogens is 528 g/mol. The van der Waals surface area contributed by atoms with Crippen LogP contribution in [0.5, 0.6) is 0 Å². The fraction of sp³-hybridized carbons (Fsp3) is 0.321. The lowest BCUT2D eigenvalue weighted by atomic mass is 9.74. The van der Waals surface area contributed by atoms with Gasteiger partial charge >= 0.3 is 0 Å². The van der Waals surface area contributed by atoms with Crippen LogP contribution in [0.15, 0.2) is 68.8 Å². The third-order valence-electron chi connectivity index (χ3n) is 8.40. The van der Waals surface area contributed by atoms with E-state index in [0.29, 0.717) is 29.1 Å². The fourth-order valence-corrected chi connectivity index (χ4v) is 6.81. The molecule has 0 bridgehead atoms. The largest absolute Gasteiger partial charge is 0.390 e. The number of H-pyrrole nitrogens is 1. The monoisotopic (exact) mass is 549 g/mol. The Morgan fingerprint density at radius 2 is 2.03 bits per heavy atom. The van der Waals surface area contributed by atoms with Gasteiger partial charge in [0.05, 0.1) is 42.0 Å². The maximum Gasteiger partial charge on any atom is 0.223 e. The van der Waals surface area contributed by atoms with E-state index >= 15 is 4.39 Å². The van der Waals surface area contributed by atoms with E-state index in [0.717, 1.165) is 24.5 Å². The zero-order valence-corrected chi connectivity index (χ0v) is 21.3. The van der Waals surface area contributed by atoms with Crippen molar-refractivity contribution in [3.8, 4) is 11.3 Å². The first-order chi connectivity index (χ1) is 18.8. The van der Waals surface area contributed by atoms with Crippen LogP contribution >= 0.6 is 11.6 Å². The molecule has 1 spiro atoms. The Balaban J connectivity index is 1.43. The Morgan fingerprint density at radius 1 is 1.21 bits per heavy atom. The number of hydrogen-bond donors (Lipinski definition) is 2. The molecule has 5 aliphatic rings. The predicted octanol–water partition coefficient (Wildman–Crippen LogP) is 3.82. The van der Waals surface area contributed by atoms with Crippen LogP contribution in [0, 0.1) is 11.2 Å².